The smallest absolute Gasteiger partial charge is 0.224 e. The third kappa shape index (κ3) is 2.60. The maximum absolute atomic E-state index is 14.5. The van der Waals surface area contributed by atoms with Gasteiger partial charge in [-0.2, -0.15) is 0 Å². The number of nitrogens with zero attached hydrogens (tertiary/aromatic N) is 1. The van der Waals surface area contributed by atoms with E-state index in [2.05, 4.69) is 16.4 Å². The van der Waals surface area contributed by atoms with E-state index in [1.165, 1.54) is 12.8 Å². The number of benzene rings is 1. The first-order valence-corrected chi connectivity index (χ1v) is 7.77. The van der Waals surface area contributed by atoms with Gasteiger partial charge in [0.2, 0.25) is 5.88 Å². The lowest BCUT2D eigenvalue weighted by atomic mass is 10.0. The van der Waals surface area contributed by atoms with Crippen LogP contribution in [0.15, 0.2) is 24.4 Å². The van der Waals surface area contributed by atoms with Crippen LogP contribution in [0.3, 0.4) is 0 Å². The SMILES string of the molecule is Fc1cc(C2CC2)cc2ccnc(OC3CCCNC3)c12. The van der Waals surface area contributed by atoms with Crippen molar-refractivity contribution in [1.29, 1.82) is 0 Å². The molecule has 2 aliphatic rings. The lowest BCUT2D eigenvalue weighted by molar-refractivity contribution is 0.162. The number of aromatic nitrogens is 1. The van der Waals surface area contributed by atoms with E-state index in [-0.39, 0.29) is 11.9 Å². The summed E-state index contributed by atoms with van der Waals surface area (Å²) in [4.78, 5) is 4.26. The number of nitrogens with one attached hydrogen (secondary N) is 1. The van der Waals surface area contributed by atoms with Crippen molar-refractivity contribution in [3.05, 3.63) is 35.8 Å². The summed E-state index contributed by atoms with van der Waals surface area (Å²) >= 11 is 0. The Hall–Kier alpha value is -1.68. The van der Waals surface area contributed by atoms with E-state index in [0.717, 1.165) is 36.9 Å². The van der Waals surface area contributed by atoms with E-state index in [4.69, 9.17) is 4.74 Å². The Morgan fingerprint density at radius 3 is 2.90 bits per heavy atom. The summed E-state index contributed by atoms with van der Waals surface area (Å²) in [6.45, 7) is 1.84. The number of rotatable bonds is 3. The Morgan fingerprint density at radius 2 is 2.14 bits per heavy atom. The molecule has 1 aliphatic heterocycles. The average molecular weight is 286 g/mol. The highest BCUT2D eigenvalue weighted by Crippen LogP contribution is 2.42. The predicted molar refractivity (Wildman–Crippen MR) is 80.2 cm³/mol. The number of ether oxygens (including phenoxy) is 1. The number of hydrogen-bond acceptors (Lipinski definition) is 3. The van der Waals surface area contributed by atoms with Crippen molar-refractivity contribution in [3.63, 3.8) is 0 Å². The topological polar surface area (TPSA) is 34.1 Å². The summed E-state index contributed by atoms with van der Waals surface area (Å²) in [6.07, 6.45) is 6.22. The zero-order valence-electron chi connectivity index (χ0n) is 11.9. The van der Waals surface area contributed by atoms with E-state index >= 15 is 0 Å². The number of halogens is 1. The maximum atomic E-state index is 14.5. The van der Waals surface area contributed by atoms with Crippen LogP contribution >= 0.6 is 0 Å². The van der Waals surface area contributed by atoms with Crippen molar-refractivity contribution in [1.82, 2.24) is 10.3 Å². The summed E-state index contributed by atoms with van der Waals surface area (Å²) in [7, 11) is 0. The quantitative estimate of drug-likeness (QED) is 0.939. The van der Waals surface area contributed by atoms with Gasteiger partial charge < -0.3 is 10.1 Å². The molecule has 1 atom stereocenters. The summed E-state index contributed by atoms with van der Waals surface area (Å²) in [6, 6.07) is 5.62. The van der Waals surface area contributed by atoms with Crippen LogP contribution in [0.5, 0.6) is 5.88 Å². The molecule has 4 heteroatoms. The van der Waals surface area contributed by atoms with Gasteiger partial charge in [-0.25, -0.2) is 9.37 Å². The minimum absolute atomic E-state index is 0.0827. The van der Waals surface area contributed by atoms with Crippen molar-refractivity contribution < 1.29 is 9.13 Å². The minimum Gasteiger partial charge on any atom is -0.472 e. The highest BCUT2D eigenvalue weighted by Gasteiger charge is 2.25. The lowest BCUT2D eigenvalue weighted by Gasteiger charge is -2.24. The second kappa shape index (κ2) is 5.26. The van der Waals surface area contributed by atoms with Crippen LogP contribution in [0.4, 0.5) is 4.39 Å². The highest BCUT2D eigenvalue weighted by molar-refractivity contribution is 5.88. The van der Waals surface area contributed by atoms with Crippen molar-refractivity contribution in [2.75, 3.05) is 13.1 Å². The normalized spacial score (nSPS) is 22.4. The molecule has 0 bridgehead atoms. The first-order chi connectivity index (χ1) is 10.3. The van der Waals surface area contributed by atoms with Gasteiger partial charge in [0.15, 0.2) is 0 Å². The van der Waals surface area contributed by atoms with Crippen LogP contribution in [-0.2, 0) is 0 Å². The van der Waals surface area contributed by atoms with E-state index in [0.29, 0.717) is 17.2 Å². The molecule has 21 heavy (non-hydrogen) atoms. The monoisotopic (exact) mass is 286 g/mol. The Morgan fingerprint density at radius 1 is 1.24 bits per heavy atom. The van der Waals surface area contributed by atoms with E-state index in [9.17, 15) is 4.39 Å². The molecule has 1 saturated heterocycles. The largest absolute Gasteiger partial charge is 0.472 e. The molecule has 4 rings (SSSR count). The summed E-state index contributed by atoms with van der Waals surface area (Å²) in [5.41, 5.74) is 1.11. The molecule has 3 nitrogen and oxygen atoms in total. The maximum Gasteiger partial charge on any atom is 0.224 e. The van der Waals surface area contributed by atoms with Crippen LogP contribution in [0.2, 0.25) is 0 Å². The van der Waals surface area contributed by atoms with Gasteiger partial charge in [-0.05, 0) is 61.2 Å². The standard InChI is InChI=1S/C17H19FN2O/c18-15-9-13(11-3-4-11)8-12-5-7-20-17(16(12)15)21-14-2-1-6-19-10-14/h5,7-9,11,14,19H,1-4,6,10H2. The molecule has 2 heterocycles. The molecular formula is C17H19FN2O. The van der Waals surface area contributed by atoms with Gasteiger partial charge in [-0.3, -0.25) is 0 Å². The van der Waals surface area contributed by atoms with E-state index in [1.807, 2.05) is 6.07 Å². The fraction of sp³-hybridized carbons (Fsp3) is 0.471. The fourth-order valence-corrected chi connectivity index (χ4v) is 3.08. The van der Waals surface area contributed by atoms with Gasteiger partial charge in [0.05, 0.1) is 5.39 Å². The molecule has 1 aromatic carbocycles. The molecule has 1 aromatic heterocycles. The summed E-state index contributed by atoms with van der Waals surface area (Å²) in [5, 5.41) is 4.72. The van der Waals surface area contributed by atoms with E-state index in [1.54, 1.807) is 12.3 Å². The van der Waals surface area contributed by atoms with Gasteiger partial charge in [-0.15, -0.1) is 0 Å². The van der Waals surface area contributed by atoms with Gasteiger partial charge in [0.25, 0.3) is 0 Å². The molecule has 1 N–H and O–H groups in total. The summed E-state index contributed by atoms with van der Waals surface area (Å²) < 4.78 is 20.5. The predicted octanol–water partition coefficient (Wildman–Crippen LogP) is 3.38. The molecule has 110 valence electrons. The molecule has 2 fully saturated rings. The summed E-state index contributed by atoms with van der Waals surface area (Å²) in [5.74, 6) is 0.770. The van der Waals surface area contributed by atoms with Crippen molar-refractivity contribution >= 4 is 10.8 Å². The third-order valence-corrected chi connectivity index (χ3v) is 4.38. The minimum atomic E-state index is -0.207. The zero-order valence-corrected chi connectivity index (χ0v) is 11.9. The number of hydrogen-bond donors (Lipinski definition) is 1. The van der Waals surface area contributed by atoms with Crippen molar-refractivity contribution in [2.45, 2.75) is 37.7 Å². The second-order valence-electron chi connectivity index (χ2n) is 6.08. The van der Waals surface area contributed by atoms with Gasteiger partial charge in [0.1, 0.15) is 11.9 Å². The number of piperidine rings is 1. The Bertz CT molecular complexity index is 663. The van der Waals surface area contributed by atoms with Gasteiger partial charge in [0, 0.05) is 12.7 Å². The molecule has 1 aliphatic carbocycles. The fourth-order valence-electron chi connectivity index (χ4n) is 3.08. The van der Waals surface area contributed by atoms with Crippen LogP contribution in [0.1, 0.15) is 37.2 Å². The third-order valence-electron chi connectivity index (χ3n) is 4.38. The molecule has 1 unspecified atom stereocenters. The first kappa shape index (κ1) is 13.0. The molecule has 0 radical (unpaired) electrons. The Kier molecular flexibility index (Phi) is 3.26. The lowest BCUT2D eigenvalue weighted by Crippen LogP contribution is -2.37. The molecule has 2 aromatic rings. The highest BCUT2D eigenvalue weighted by atomic mass is 19.1. The zero-order chi connectivity index (χ0) is 14.2. The average Bonchev–Trinajstić information content (AvgIpc) is 3.33. The molecule has 0 spiro atoms. The van der Waals surface area contributed by atoms with Gasteiger partial charge >= 0.3 is 0 Å². The van der Waals surface area contributed by atoms with Crippen LogP contribution < -0.4 is 10.1 Å². The first-order valence-electron chi connectivity index (χ1n) is 7.77. The van der Waals surface area contributed by atoms with Crippen molar-refractivity contribution in [3.8, 4) is 5.88 Å². The Labute approximate surface area is 123 Å². The Balaban J connectivity index is 1.71. The van der Waals surface area contributed by atoms with Crippen LogP contribution in [0, 0.1) is 5.82 Å². The van der Waals surface area contributed by atoms with E-state index < -0.39 is 0 Å². The van der Waals surface area contributed by atoms with Crippen LogP contribution in [0.25, 0.3) is 10.8 Å². The molecule has 0 amide bonds. The van der Waals surface area contributed by atoms with Crippen LogP contribution in [-0.4, -0.2) is 24.2 Å². The number of pyridine rings is 1. The number of fused-ring (bicyclic) bond motifs is 1. The van der Waals surface area contributed by atoms with Gasteiger partial charge in [-0.1, -0.05) is 6.07 Å². The second-order valence-corrected chi connectivity index (χ2v) is 6.08. The molecular weight excluding hydrogens is 267 g/mol. The van der Waals surface area contributed by atoms with Crippen molar-refractivity contribution in [2.24, 2.45) is 0 Å². The molecule has 1 saturated carbocycles.